The Labute approximate surface area is 112 Å². The molecule has 0 saturated heterocycles. The van der Waals surface area contributed by atoms with E-state index in [1.54, 1.807) is 0 Å². The maximum atomic E-state index is 12.1. The van der Waals surface area contributed by atoms with Gasteiger partial charge in [-0.3, -0.25) is 4.79 Å². The van der Waals surface area contributed by atoms with Crippen molar-refractivity contribution in [3.8, 4) is 0 Å². The average Bonchev–Trinajstić information content (AvgIpc) is 2.30. The first kappa shape index (κ1) is 17.2. The lowest BCUT2D eigenvalue weighted by Crippen LogP contribution is -2.32. The lowest BCUT2D eigenvalue weighted by atomic mass is 9.88. The van der Waals surface area contributed by atoms with Crippen molar-refractivity contribution < 1.29 is 4.79 Å². The zero-order chi connectivity index (χ0) is 14.1. The van der Waals surface area contributed by atoms with Crippen LogP contribution >= 0.6 is 0 Å². The molecule has 1 amide bonds. The number of rotatable bonds is 9. The minimum absolute atomic E-state index is 0.239. The van der Waals surface area contributed by atoms with Crippen LogP contribution in [-0.4, -0.2) is 30.4 Å². The fourth-order valence-electron chi connectivity index (χ4n) is 2.19. The van der Waals surface area contributed by atoms with Crippen LogP contribution in [0.1, 0.15) is 47.0 Å². The zero-order valence-electron chi connectivity index (χ0n) is 12.5. The molecular formula is C15H30N2O. The largest absolute Gasteiger partial charge is 0.339 e. The van der Waals surface area contributed by atoms with E-state index in [4.69, 9.17) is 5.73 Å². The summed E-state index contributed by atoms with van der Waals surface area (Å²) in [4.78, 5) is 14.0. The molecule has 2 N–H and O–H groups in total. The van der Waals surface area contributed by atoms with Crippen LogP contribution in [0.2, 0.25) is 0 Å². The van der Waals surface area contributed by atoms with Crippen LogP contribution in [0.3, 0.4) is 0 Å². The molecule has 0 radical (unpaired) electrons. The van der Waals surface area contributed by atoms with E-state index >= 15 is 0 Å². The number of carbonyl (C=O) groups is 1. The summed E-state index contributed by atoms with van der Waals surface area (Å²) >= 11 is 0. The van der Waals surface area contributed by atoms with E-state index in [9.17, 15) is 4.79 Å². The molecule has 3 heteroatoms. The van der Waals surface area contributed by atoms with Crippen LogP contribution in [-0.2, 0) is 4.79 Å². The third-order valence-electron chi connectivity index (χ3n) is 3.40. The first-order chi connectivity index (χ1) is 8.42. The summed E-state index contributed by atoms with van der Waals surface area (Å²) in [6.07, 6.45) is 2.59. The average molecular weight is 254 g/mol. The monoisotopic (exact) mass is 254 g/mol. The third-order valence-corrected chi connectivity index (χ3v) is 3.40. The second-order valence-corrected chi connectivity index (χ2v) is 5.49. The van der Waals surface area contributed by atoms with Crippen molar-refractivity contribution in [1.29, 1.82) is 0 Å². The van der Waals surface area contributed by atoms with Gasteiger partial charge in [-0.1, -0.05) is 26.0 Å². The molecule has 0 bridgehead atoms. The molecular weight excluding hydrogens is 224 g/mol. The van der Waals surface area contributed by atoms with Crippen molar-refractivity contribution in [3.63, 3.8) is 0 Å². The fraction of sp³-hybridized carbons (Fsp3) is 0.800. The molecule has 0 rings (SSSR count). The second-order valence-electron chi connectivity index (χ2n) is 5.49. The van der Waals surface area contributed by atoms with Gasteiger partial charge < -0.3 is 10.6 Å². The third kappa shape index (κ3) is 6.80. The first-order valence-corrected chi connectivity index (χ1v) is 7.04. The van der Waals surface area contributed by atoms with Gasteiger partial charge in [0, 0.05) is 19.5 Å². The Morgan fingerprint density at radius 3 is 2.33 bits per heavy atom. The molecule has 1 unspecified atom stereocenters. The van der Waals surface area contributed by atoms with E-state index in [1.807, 2.05) is 18.7 Å². The molecule has 1 atom stereocenters. The van der Waals surface area contributed by atoms with Crippen molar-refractivity contribution in [1.82, 2.24) is 4.90 Å². The summed E-state index contributed by atoms with van der Waals surface area (Å²) in [6, 6.07) is 0. The number of carbonyl (C=O) groups excluding carboxylic acids is 1. The van der Waals surface area contributed by atoms with E-state index in [-0.39, 0.29) is 5.91 Å². The predicted octanol–water partition coefficient (Wildman–Crippen LogP) is 2.81. The molecule has 18 heavy (non-hydrogen) atoms. The van der Waals surface area contributed by atoms with Crippen LogP contribution < -0.4 is 5.73 Å². The molecule has 0 aromatic heterocycles. The van der Waals surface area contributed by atoms with Gasteiger partial charge in [0.05, 0.1) is 0 Å². The topological polar surface area (TPSA) is 46.3 Å². The maximum Gasteiger partial charge on any atom is 0.222 e. The van der Waals surface area contributed by atoms with Gasteiger partial charge in [0.25, 0.3) is 0 Å². The first-order valence-electron chi connectivity index (χ1n) is 7.04. The Balaban J connectivity index is 4.23. The molecule has 0 aromatic carbocycles. The van der Waals surface area contributed by atoms with Gasteiger partial charge >= 0.3 is 0 Å². The molecule has 0 spiro atoms. The van der Waals surface area contributed by atoms with Crippen LogP contribution in [0.25, 0.3) is 0 Å². The molecule has 0 fully saturated rings. The lowest BCUT2D eigenvalue weighted by Gasteiger charge is -2.24. The molecule has 0 aliphatic rings. The summed E-state index contributed by atoms with van der Waals surface area (Å²) in [5.41, 5.74) is 6.65. The van der Waals surface area contributed by atoms with Crippen molar-refractivity contribution in [3.05, 3.63) is 12.2 Å². The van der Waals surface area contributed by atoms with Crippen molar-refractivity contribution >= 4 is 5.91 Å². The molecule has 106 valence electrons. The minimum Gasteiger partial charge on any atom is -0.339 e. The SMILES string of the molecule is C=C(C)CN(CC)C(=O)CCC(CCN)C(C)C. The highest BCUT2D eigenvalue weighted by Crippen LogP contribution is 2.21. The van der Waals surface area contributed by atoms with Crippen LogP contribution in [0.15, 0.2) is 12.2 Å². The van der Waals surface area contributed by atoms with E-state index in [2.05, 4.69) is 20.4 Å². The van der Waals surface area contributed by atoms with Crippen LogP contribution in [0, 0.1) is 11.8 Å². The molecule has 0 aliphatic carbocycles. The summed E-state index contributed by atoms with van der Waals surface area (Å²) in [5, 5.41) is 0. The van der Waals surface area contributed by atoms with Gasteiger partial charge in [-0.15, -0.1) is 0 Å². The number of nitrogens with two attached hydrogens (primary N) is 1. The zero-order valence-corrected chi connectivity index (χ0v) is 12.5. The van der Waals surface area contributed by atoms with Gasteiger partial charge in [0.15, 0.2) is 0 Å². The maximum absolute atomic E-state index is 12.1. The van der Waals surface area contributed by atoms with Gasteiger partial charge in [0.2, 0.25) is 5.91 Å². The molecule has 3 nitrogen and oxygen atoms in total. The number of nitrogens with zero attached hydrogens (tertiary/aromatic N) is 1. The number of likely N-dealkylation sites (N-methyl/N-ethyl adjacent to an activating group) is 1. The summed E-state index contributed by atoms with van der Waals surface area (Å²) in [5.74, 6) is 1.39. The Hall–Kier alpha value is -0.830. The fourth-order valence-corrected chi connectivity index (χ4v) is 2.19. The number of hydrogen-bond acceptors (Lipinski definition) is 2. The van der Waals surface area contributed by atoms with E-state index < -0.39 is 0 Å². The molecule has 0 aliphatic heterocycles. The van der Waals surface area contributed by atoms with Gasteiger partial charge in [0.1, 0.15) is 0 Å². The highest BCUT2D eigenvalue weighted by atomic mass is 16.2. The smallest absolute Gasteiger partial charge is 0.222 e. The summed E-state index contributed by atoms with van der Waals surface area (Å²) in [6.45, 7) is 14.4. The highest BCUT2D eigenvalue weighted by molar-refractivity contribution is 5.76. The normalized spacial score (nSPS) is 12.6. The van der Waals surface area contributed by atoms with Crippen molar-refractivity contribution in [2.24, 2.45) is 17.6 Å². The van der Waals surface area contributed by atoms with Crippen LogP contribution in [0.5, 0.6) is 0 Å². The molecule has 0 heterocycles. The van der Waals surface area contributed by atoms with Crippen molar-refractivity contribution in [2.45, 2.75) is 47.0 Å². The van der Waals surface area contributed by atoms with Crippen LogP contribution in [0.4, 0.5) is 0 Å². The summed E-state index contributed by atoms with van der Waals surface area (Å²) in [7, 11) is 0. The Morgan fingerprint density at radius 1 is 1.33 bits per heavy atom. The highest BCUT2D eigenvalue weighted by Gasteiger charge is 2.17. The summed E-state index contributed by atoms with van der Waals surface area (Å²) < 4.78 is 0. The quantitative estimate of drug-likeness (QED) is 0.643. The molecule has 0 saturated carbocycles. The van der Waals surface area contributed by atoms with Gasteiger partial charge in [-0.05, 0) is 45.1 Å². The second kappa shape index (κ2) is 9.15. The van der Waals surface area contributed by atoms with E-state index in [1.165, 1.54) is 0 Å². The van der Waals surface area contributed by atoms with E-state index in [0.717, 1.165) is 25.0 Å². The standard InChI is InChI=1S/C15H30N2O/c1-6-17(11-12(2)3)15(18)8-7-14(9-10-16)13(4)5/h13-14H,2,6-11,16H2,1,3-5H3. The van der Waals surface area contributed by atoms with E-state index in [0.29, 0.717) is 31.3 Å². The Morgan fingerprint density at radius 2 is 1.94 bits per heavy atom. The minimum atomic E-state index is 0.239. The van der Waals surface area contributed by atoms with Gasteiger partial charge in [-0.2, -0.15) is 0 Å². The van der Waals surface area contributed by atoms with Crippen molar-refractivity contribution in [2.75, 3.05) is 19.6 Å². The Bertz CT molecular complexity index is 261. The predicted molar refractivity (Wildman–Crippen MR) is 78.3 cm³/mol. The van der Waals surface area contributed by atoms with Gasteiger partial charge in [-0.25, -0.2) is 0 Å². The molecule has 0 aromatic rings. The lowest BCUT2D eigenvalue weighted by molar-refractivity contribution is -0.131. The number of amides is 1. The number of hydrogen-bond donors (Lipinski definition) is 1. The Kier molecular flexibility index (Phi) is 8.73.